The largest absolute Gasteiger partial charge is 0.477 e. The number of nitrogens with zero attached hydrogens (tertiary/aromatic N) is 7. The minimum atomic E-state index is -1.08. The van der Waals surface area contributed by atoms with Crippen LogP contribution in [0.5, 0.6) is 0 Å². The third-order valence-electron chi connectivity index (χ3n) is 8.12. The van der Waals surface area contributed by atoms with Gasteiger partial charge in [-0.2, -0.15) is 5.10 Å². The SMILES string of the molecule is Cc1ccc(NC(=O)c2ccc(CN3CCN(C)CC3)cc2)cc1Cc1nccc(-c2cncc(C3=NN=C(C(=O)O)C3)c2)n1. The number of aromatic nitrogens is 3. The summed E-state index contributed by atoms with van der Waals surface area (Å²) in [5.74, 6) is -0.618. The highest BCUT2D eigenvalue weighted by Crippen LogP contribution is 2.22. The lowest BCUT2D eigenvalue weighted by Crippen LogP contribution is -2.43. The van der Waals surface area contributed by atoms with Crippen LogP contribution in [-0.4, -0.2) is 86.4 Å². The molecule has 45 heavy (non-hydrogen) atoms. The minimum Gasteiger partial charge on any atom is -0.477 e. The number of hydrogen-bond donors (Lipinski definition) is 2. The van der Waals surface area contributed by atoms with Crippen LogP contribution in [0, 0.1) is 6.92 Å². The van der Waals surface area contributed by atoms with E-state index in [4.69, 9.17) is 4.98 Å². The van der Waals surface area contributed by atoms with Crippen molar-refractivity contribution in [2.24, 2.45) is 10.2 Å². The van der Waals surface area contributed by atoms with Gasteiger partial charge in [-0.1, -0.05) is 18.2 Å². The third-order valence-corrected chi connectivity index (χ3v) is 8.12. The van der Waals surface area contributed by atoms with E-state index in [-0.39, 0.29) is 18.0 Å². The van der Waals surface area contributed by atoms with Crippen LogP contribution < -0.4 is 5.32 Å². The number of carboxylic acid groups (broad SMARTS) is 1. The summed E-state index contributed by atoms with van der Waals surface area (Å²) < 4.78 is 0. The number of aliphatic carboxylic acids is 1. The molecule has 1 amide bonds. The average molecular weight is 603 g/mol. The van der Waals surface area contributed by atoms with Crippen LogP contribution in [0.25, 0.3) is 11.3 Å². The third kappa shape index (κ3) is 7.34. The van der Waals surface area contributed by atoms with Gasteiger partial charge in [0.1, 0.15) is 5.82 Å². The maximum Gasteiger partial charge on any atom is 0.352 e. The Morgan fingerprint density at radius 1 is 0.933 bits per heavy atom. The minimum absolute atomic E-state index is 0.00291. The second kappa shape index (κ2) is 13.2. The second-order valence-corrected chi connectivity index (χ2v) is 11.4. The van der Waals surface area contributed by atoms with Crippen molar-refractivity contribution < 1.29 is 14.7 Å². The van der Waals surface area contributed by atoms with Gasteiger partial charge in [0.2, 0.25) is 0 Å². The fourth-order valence-electron chi connectivity index (χ4n) is 5.35. The van der Waals surface area contributed by atoms with Gasteiger partial charge >= 0.3 is 5.97 Å². The number of piperazine rings is 1. The fraction of sp³-hybridized carbons (Fsp3) is 0.265. The molecule has 0 unspecified atom stereocenters. The smallest absolute Gasteiger partial charge is 0.352 e. The first-order chi connectivity index (χ1) is 21.8. The molecule has 1 saturated heterocycles. The van der Waals surface area contributed by atoms with E-state index in [1.54, 1.807) is 24.7 Å². The van der Waals surface area contributed by atoms with Gasteiger partial charge in [0.05, 0.1) is 11.4 Å². The molecule has 1 fully saturated rings. The zero-order chi connectivity index (χ0) is 31.3. The van der Waals surface area contributed by atoms with Gasteiger partial charge in [0.15, 0.2) is 5.71 Å². The number of carbonyl (C=O) groups is 2. The Balaban J connectivity index is 1.11. The molecule has 11 nitrogen and oxygen atoms in total. The molecule has 0 saturated carbocycles. The van der Waals surface area contributed by atoms with Crippen LogP contribution >= 0.6 is 0 Å². The van der Waals surface area contributed by atoms with E-state index >= 15 is 0 Å². The molecule has 2 aliphatic rings. The van der Waals surface area contributed by atoms with Gasteiger partial charge in [-0.05, 0) is 67.1 Å². The monoisotopic (exact) mass is 602 g/mol. The summed E-state index contributed by atoms with van der Waals surface area (Å²) in [6.07, 6.45) is 5.66. The van der Waals surface area contributed by atoms with E-state index in [0.717, 1.165) is 49.4 Å². The first-order valence-electron chi connectivity index (χ1n) is 14.9. The summed E-state index contributed by atoms with van der Waals surface area (Å²) in [4.78, 5) is 42.7. The second-order valence-electron chi connectivity index (χ2n) is 11.4. The lowest BCUT2D eigenvalue weighted by Gasteiger charge is -2.32. The van der Waals surface area contributed by atoms with Crippen LogP contribution in [0.2, 0.25) is 0 Å². The molecule has 4 aromatic rings. The van der Waals surface area contributed by atoms with Crippen molar-refractivity contribution in [1.82, 2.24) is 24.8 Å². The highest BCUT2D eigenvalue weighted by atomic mass is 16.4. The molecule has 2 aromatic heterocycles. The van der Waals surface area contributed by atoms with Gasteiger partial charge < -0.3 is 15.3 Å². The number of rotatable bonds is 9. The molecule has 2 N–H and O–H groups in total. The lowest BCUT2D eigenvalue weighted by molar-refractivity contribution is -0.129. The number of aryl methyl sites for hydroxylation is 1. The molecule has 2 aliphatic heterocycles. The first-order valence-corrected chi connectivity index (χ1v) is 14.9. The Morgan fingerprint density at radius 2 is 1.71 bits per heavy atom. The Labute approximate surface area is 261 Å². The molecule has 0 aliphatic carbocycles. The topological polar surface area (TPSA) is 136 Å². The normalized spacial score (nSPS) is 15.4. The van der Waals surface area contributed by atoms with Crippen LogP contribution in [-0.2, 0) is 17.8 Å². The summed E-state index contributed by atoms with van der Waals surface area (Å²) >= 11 is 0. The molecule has 6 rings (SSSR count). The number of pyridine rings is 1. The predicted molar refractivity (Wildman–Crippen MR) is 173 cm³/mol. The molecule has 0 bridgehead atoms. The standard InChI is InChI=1S/C34H34N8O3/c1-22-3-8-28(37-33(43)24-6-4-23(5-7-24)21-42-13-11-41(2)12-14-42)16-25(22)17-32-36-10-9-29(38-32)26-15-27(20-35-19-26)30-18-31(34(44)45)40-39-30/h3-10,15-16,19-20H,11-14,17-18,21H2,1-2H3,(H,37,43)(H,44,45). The van der Waals surface area contributed by atoms with Crippen LogP contribution in [0.15, 0.2) is 83.4 Å². The molecule has 11 heteroatoms. The number of anilines is 1. The summed E-state index contributed by atoms with van der Waals surface area (Å²) in [7, 11) is 2.15. The van der Waals surface area contributed by atoms with Gasteiger partial charge in [0.25, 0.3) is 5.91 Å². The number of carboxylic acids is 1. The number of likely N-dealkylation sites (N-methyl/N-ethyl adjacent to an activating group) is 1. The summed E-state index contributed by atoms with van der Waals surface area (Å²) in [5, 5.41) is 20.0. The lowest BCUT2D eigenvalue weighted by atomic mass is 10.0. The number of carbonyl (C=O) groups excluding carboxylic acids is 1. The molecule has 0 spiro atoms. The van der Waals surface area contributed by atoms with E-state index in [1.165, 1.54) is 5.56 Å². The number of hydrogen-bond acceptors (Lipinski definition) is 9. The van der Waals surface area contributed by atoms with E-state index in [2.05, 4.69) is 42.3 Å². The molecule has 2 aromatic carbocycles. The number of amides is 1. The summed E-state index contributed by atoms with van der Waals surface area (Å²) in [6.45, 7) is 7.17. The quantitative estimate of drug-likeness (QED) is 0.293. The highest BCUT2D eigenvalue weighted by molar-refractivity contribution is 6.41. The Kier molecular flexibility index (Phi) is 8.81. The zero-order valence-electron chi connectivity index (χ0n) is 25.3. The molecular formula is C34H34N8O3. The van der Waals surface area contributed by atoms with Crippen LogP contribution in [0.4, 0.5) is 5.69 Å². The molecule has 228 valence electrons. The van der Waals surface area contributed by atoms with Crippen molar-refractivity contribution in [3.05, 3.63) is 107 Å². The van der Waals surface area contributed by atoms with Crippen molar-refractivity contribution in [3.8, 4) is 11.3 Å². The number of nitrogens with one attached hydrogen (secondary N) is 1. The Morgan fingerprint density at radius 3 is 2.47 bits per heavy atom. The van der Waals surface area contributed by atoms with E-state index in [0.29, 0.717) is 40.5 Å². The fourth-order valence-corrected chi connectivity index (χ4v) is 5.35. The van der Waals surface area contributed by atoms with E-state index in [9.17, 15) is 14.7 Å². The van der Waals surface area contributed by atoms with Gasteiger partial charge in [-0.15, -0.1) is 5.10 Å². The van der Waals surface area contributed by atoms with E-state index in [1.807, 2.05) is 55.5 Å². The predicted octanol–water partition coefficient (Wildman–Crippen LogP) is 4.07. The van der Waals surface area contributed by atoms with Gasteiger partial charge in [-0.3, -0.25) is 14.7 Å². The number of benzene rings is 2. The Bertz CT molecular complexity index is 1790. The summed E-state index contributed by atoms with van der Waals surface area (Å²) in [5.41, 5.74) is 7.26. The maximum atomic E-state index is 13.1. The molecule has 0 radical (unpaired) electrons. The first kappa shape index (κ1) is 29.9. The van der Waals surface area contributed by atoms with Crippen molar-refractivity contribution in [1.29, 1.82) is 0 Å². The van der Waals surface area contributed by atoms with Gasteiger partial charge in [-0.25, -0.2) is 14.8 Å². The average Bonchev–Trinajstić information content (AvgIpc) is 3.56. The molecule has 0 atom stereocenters. The van der Waals surface area contributed by atoms with Crippen molar-refractivity contribution in [2.75, 3.05) is 38.5 Å². The van der Waals surface area contributed by atoms with Gasteiger partial charge in [0, 0.05) is 86.5 Å². The van der Waals surface area contributed by atoms with Crippen LogP contribution in [0.1, 0.15) is 44.9 Å². The van der Waals surface area contributed by atoms with Crippen molar-refractivity contribution >= 4 is 29.0 Å². The van der Waals surface area contributed by atoms with Crippen molar-refractivity contribution in [3.63, 3.8) is 0 Å². The Hall–Kier alpha value is -5.13. The van der Waals surface area contributed by atoms with Crippen LogP contribution in [0.3, 0.4) is 0 Å². The zero-order valence-corrected chi connectivity index (χ0v) is 25.3. The maximum absolute atomic E-state index is 13.1. The van der Waals surface area contributed by atoms with E-state index < -0.39 is 5.97 Å². The molecule has 4 heterocycles. The highest BCUT2D eigenvalue weighted by Gasteiger charge is 2.21. The van der Waals surface area contributed by atoms with Crippen molar-refractivity contribution in [2.45, 2.75) is 26.3 Å². The molecular weight excluding hydrogens is 568 g/mol. The summed E-state index contributed by atoms with van der Waals surface area (Å²) in [6, 6.07) is 17.4.